The Morgan fingerprint density at radius 2 is 1.28 bits per heavy atom. The summed E-state index contributed by atoms with van der Waals surface area (Å²) in [6.07, 6.45) is 13.1. The minimum absolute atomic E-state index is 0.138. The van der Waals surface area contributed by atoms with Crippen molar-refractivity contribution < 1.29 is 8.42 Å². The molecule has 0 aromatic carbocycles. The van der Waals surface area contributed by atoms with Gasteiger partial charge in [0.1, 0.15) is 0 Å². The summed E-state index contributed by atoms with van der Waals surface area (Å²) in [6, 6.07) is 0.138. The fourth-order valence-corrected chi connectivity index (χ4v) is 4.46. The van der Waals surface area contributed by atoms with Crippen molar-refractivity contribution >= 4 is 9.84 Å². The zero-order chi connectivity index (χ0) is 13.4. The maximum Gasteiger partial charge on any atom is 0.151 e. The second-order valence-electron chi connectivity index (χ2n) is 5.67. The normalized spacial score (nSPS) is 29.2. The largest absolute Gasteiger partial charge is 0.316 e. The third-order valence-electron chi connectivity index (χ3n) is 4.12. The summed E-state index contributed by atoms with van der Waals surface area (Å²) in [5.74, 6) is 0. The summed E-state index contributed by atoms with van der Waals surface area (Å²) >= 11 is 0. The van der Waals surface area contributed by atoms with Crippen molar-refractivity contribution in [2.75, 3.05) is 13.3 Å². The van der Waals surface area contributed by atoms with Crippen LogP contribution in [0.4, 0.5) is 0 Å². The molecule has 0 aromatic rings. The minimum Gasteiger partial charge on any atom is -0.316 e. The topological polar surface area (TPSA) is 46.2 Å². The zero-order valence-corrected chi connectivity index (χ0v) is 12.8. The zero-order valence-electron chi connectivity index (χ0n) is 12.0. The second-order valence-corrected chi connectivity index (χ2v) is 7.93. The van der Waals surface area contributed by atoms with Gasteiger partial charge in [0.25, 0.3) is 0 Å². The highest BCUT2D eigenvalue weighted by molar-refractivity contribution is 7.91. The number of sulfone groups is 1. The van der Waals surface area contributed by atoms with Crippen LogP contribution in [0.15, 0.2) is 0 Å². The van der Waals surface area contributed by atoms with Gasteiger partial charge < -0.3 is 5.32 Å². The molecule has 1 rings (SSSR count). The molecule has 1 aliphatic carbocycles. The lowest BCUT2D eigenvalue weighted by atomic mass is 9.97. The molecule has 0 amide bonds. The molecule has 3 nitrogen and oxygen atoms in total. The molecule has 0 heterocycles. The van der Waals surface area contributed by atoms with Gasteiger partial charge in [-0.1, -0.05) is 51.4 Å². The Labute approximate surface area is 113 Å². The molecule has 18 heavy (non-hydrogen) atoms. The fourth-order valence-electron chi connectivity index (χ4n) is 3.00. The van der Waals surface area contributed by atoms with Crippen LogP contribution in [0.25, 0.3) is 0 Å². The standard InChI is InChI=1S/C14H29NO2S/c1-15-13-11-9-7-5-3-4-6-8-10-12-14(13)18(2,16)17/h13-15H,3-12H2,1-2H3. The lowest BCUT2D eigenvalue weighted by Gasteiger charge is -2.26. The predicted octanol–water partition coefficient (Wildman–Crippen LogP) is 2.90. The molecule has 0 aliphatic heterocycles. The van der Waals surface area contributed by atoms with E-state index in [-0.39, 0.29) is 11.3 Å². The maximum atomic E-state index is 11.9. The van der Waals surface area contributed by atoms with Gasteiger partial charge in [-0.25, -0.2) is 8.42 Å². The average Bonchev–Trinajstić information content (AvgIpc) is 2.28. The van der Waals surface area contributed by atoms with Gasteiger partial charge >= 0.3 is 0 Å². The molecule has 1 N–H and O–H groups in total. The Kier molecular flexibility index (Phi) is 7.23. The Hall–Kier alpha value is -0.0900. The van der Waals surface area contributed by atoms with Crippen LogP contribution in [-0.2, 0) is 9.84 Å². The van der Waals surface area contributed by atoms with E-state index in [1.165, 1.54) is 44.8 Å². The molecule has 0 radical (unpaired) electrons. The summed E-state index contributed by atoms with van der Waals surface area (Å²) in [5, 5.41) is 3.04. The Bertz CT molecular complexity index is 314. The van der Waals surface area contributed by atoms with Crippen LogP contribution in [0.2, 0.25) is 0 Å². The van der Waals surface area contributed by atoms with Gasteiger partial charge in [0, 0.05) is 12.3 Å². The predicted molar refractivity (Wildman–Crippen MR) is 77.6 cm³/mol. The molecule has 1 aliphatic rings. The van der Waals surface area contributed by atoms with Crippen molar-refractivity contribution in [3.05, 3.63) is 0 Å². The van der Waals surface area contributed by atoms with Gasteiger partial charge in [-0.2, -0.15) is 0 Å². The van der Waals surface area contributed by atoms with Gasteiger partial charge in [0.2, 0.25) is 0 Å². The molecule has 0 aromatic heterocycles. The number of hydrogen-bond donors (Lipinski definition) is 1. The van der Waals surface area contributed by atoms with Crippen molar-refractivity contribution in [3.63, 3.8) is 0 Å². The first kappa shape index (κ1) is 16.0. The van der Waals surface area contributed by atoms with E-state index in [4.69, 9.17) is 0 Å². The van der Waals surface area contributed by atoms with E-state index in [0.29, 0.717) is 0 Å². The maximum absolute atomic E-state index is 11.9. The Balaban J connectivity index is 2.66. The van der Waals surface area contributed by atoms with Crippen LogP contribution in [-0.4, -0.2) is 33.0 Å². The lowest BCUT2D eigenvalue weighted by molar-refractivity contribution is 0.420. The summed E-state index contributed by atoms with van der Waals surface area (Å²) in [6.45, 7) is 0. The van der Waals surface area contributed by atoms with Crippen molar-refractivity contribution in [2.24, 2.45) is 0 Å². The van der Waals surface area contributed by atoms with E-state index in [1.54, 1.807) is 0 Å². The summed E-state index contributed by atoms with van der Waals surface area (Å²) in [4.78, 5) is 0. The van der Waals surface area contributed by atoms with Crippen LogP contribution >= 0.6 is 0 Å². The van der Waals surface area contributed by atoms with E-state index >= 15 is 0 Å². The highest BCUT2D eigenvalue weighted by atomic mass is 32.2. The fraction of sp³-hybridized carbons (Fsp3) is 1.00. The molecular weight excluding hydrogens is 246 g/mol. The SMILES string of the molecule is CNC1CCCCCCCCCCC1S(C)(=O)=O. The molecule has 108 valence electrons. The Morgan fingerprint density at radius 1 is 0.833 bits per heavy atom. The lowest BCUT2D eigenvalue weighted by Crippen LogP contribution is -2.42. The number of hydrogen-bond acceptors (Lipinski definition) is 3. The van der Waals surface area contributed by atoms with E-state index in [9.17, 15) is 8.42 Å². The van der Waals surface area contributed by atoms with Crippen LogP contribution in [0, 0.1) is 0 Å². The number of nitrogens with one attached hydrogen (secondary N) is 1. The first-order valence-corrected chi connectivity index (χ1v) is 9.37. The monoisotopic (exact) mass is 275 g/mol. The van der Waals surface area contributed by atoms with E-state index < -0.39 is 9.84 Å². The molecule has 0 saturated heterocycles. The minimum atomic E-state index is -2.94. The third-order valence-corrected chi connectivity index (χ3v) is 5.79. The highest BCUT2D eigenvalue weighted by Crippen LogP contribution is 2.21. The molecule has 2 atom stereocenters. The molecule has 1 fully saturated rings. The molecule has 0 bridgehead atoms. The quantitative estimate of drug-likeness (QED) is 0.843. The van der Waals surface area contributed by atoms with Gasteiger partial charge in [-0.05, 0) is 19.9 Å². The summed E-state index contributed by atoms with van der Waals surface area (Å²) < 4.78 is 23.9. The van der Waals surface area contributed by atoms with E-state index in [2.05, 4.69) is 5.32 Å². The van der Waals surface area contributed by atoms with Crippen LogP contribution in [0.5, 0.6) is 0 Å². The van der Waals surface area contributed by atoms with Crippen molar-refractivity contribution in [1.29, 1.82) is 0 Å². The van der Waals surface area contributed by atoms with Gasteiger partial charge in [0.05, 0.1) is 5.25 Å². The van der Waals surface area contributed by atoms with E-state index in [1.807, 2.05) is 7.05 Å². The summed E-state index contributed by atoms with van der Waals surface area (Å²) in [5.41, 5.74) is 0. The smallest absolute Gasteiger partial charge is 0.151 e. The van der Waals surface area contributed by atoms with Crippen LogP contribution in [0.1, 0.15) is 64.2 Å². The Morgan fingerprint density at radius 3 is 1.72 bits per heavy atom. The van der Waals surface area contributed by atoms with Gasteiger partial charge in [0.15, 0.2) is 9.84 Å². The highest BCUT2D eigenvalue weighted by Gasteiger charge is 2.28. The summed E-state index contributed by atoms with van der Waals surface area (Å²) in [7, 11) is -1.04. The molecule has 4 heteroatoms. The van der Waals surface area contributed by atoms with Crippen molar-refractivity contribution in [1.82, 2.24) is 5.32 Å². The van der Waals surface area contributed by atoms with Crippen molar-refractivity contribution in [3.8, 4) is 0 Å². The van der Waals surface area contributed by atoms with E-state index in [0.717, 1.165) is 25.7 Å². The van der Waals surface area contributed by atoms with Crippen LogP contribution in [0.3, 0.4) is 0 Å². The van der Waals surface area contributed by atoms with Gasteiger partial charge in [-0.15, -0.1) is 0 Å². The first-order valence-electron chi connectivity index (χ1n) is 7.42. The van der Waals surface area contributed by atoms with Gasteiger partial charge in [-0.3, -0.25) is 0 Å². The van der Waals surface area contributed by atoms with Crippen LogP contribution < -0.4 is 5.32 Å². The van der Waals surface area contributed by atoms with Crippen molar-refractivity contribution in [2.45, 2.75) is 75.5 Å². The second kappa shape index (κ2) is 8.16. The molecule has 2 unspecified atom stereocenters. The first-order chi connectivity index (χ1) is 8.55. The average molecular weight is 275 g/mol. The number of rotatable bonds is 2. The molecule has 1 saturated carbocycles. The molecular formula is C14H29NO2S. The molecule has 0 spiro atoms. The third kappa shape index (κ3) is 5.70.